The number of hydrogen-bond donors (Lipinski definition) is 5. The molecule has 2 amide bonds. The van der Waals surface area contributed by atoms with Crippen molar-refractivity contribution in [1.82, 2.24) is 10.6 Å². The minimum absolute atomic E-state index is 0.0246. The Morgan fingerprint density at radius 1 is 1.00 bits per heavy atom. The van der Waals surface area contributed by atoms with Gasteiger partial charge in [0.25, 0.3) is 0 Å². The molecule has 12 nitrogen and oxygen atoms in total. The maximum absolute atomic E-state index is 13.7. The molecule has 0 saturated heterocycles. The van der Waals surface area contributed by atoms with Crippen LogP contribution in [0.1, 0.15) is 35.4 Å². The number of rotatable bonds is 13. The average molecular weight is 549 g/mol. The standard InChI is InChI=1S/C28H32N6O6/c1-40-24-15-12-18(16-23(24)35)17-31-27(36)22(14-13-21(29)26(30)33-34(38)39)32-28(37)25(19-8-4-2-5-9-19)20-10-6-3-7-11-20/h2-12,15-16,21-22,25,35H,13-14,17,29H2,1H3,(H2,30,33)(H,31,36)(H,32,37)/t21?,22-/m0/s1. The fourth-order valence-corrected chi connectivity index (χ4v) is 4.13. The van der Waals surface area contributed by atoms with Crippen LogP contribution in [0.25, 0.3) is 0 Å². The van der Waals surface area contributed by atoms with E-state index in [1.807, 2.05) is 60.7 Å². The number of aromatic hydroxyl groups is 1. The number of nitrogens with two attached hydrogens (primary N) is 2. The van der Waals surface area contributed by atoms with Crippen molar-refractivity contribution >= 4 is 17.6 Å². The number of nitrogens with zero attached hydrogens (tertiary/aromatic N) is 2. The Kier molecular flexibility index (Phi) is 10.5. The number of carbonyl (C=O) groups is 2. The van der Waals surface area contributed by atoms with Crippen molar-refractivity contribution in [2.45, 2.75) is 37.4 Å². The number of hydrogen-bond acceptors (Lipinski definition) is 7. The van der Waals surface area contributed by atoms with Crippen molar-refractivity contribution in [3.63, 3.8) is 0 Å². The first-order chi connectivity index (χ1) is 19.2. The number of amidine groups is 1. The second-order valence-electron chi connectivity index (χ2n) is 8.99. The molecular weight excluding hydrogens is 516 g/mol. The molecule has 210 valence electrons. The molecule has 0 aromatic heterocycles. The van der Waals surface area contributed by atoms with Crippen molar-refractivity contribution in [1.29, 1.82) is 0 Å². The van der Waals surface area contributed by atoms with Gasteiger partial charge in [0, 0.05) is 6.54 Å². The second kappa shape index (κ2) is 14.3. The Balaban J connectivity index is 1.82. The van der Waals surface area contributed by atoms with Gasteiger partial charge >= 0.3 is 0 Å². The highest BCUT2D eigenvalue weighted by atomic mass is 16.7. The number of amides is 2. The molecule has 7 N–H and O–H groups in total. The minimum atomic E-state index is -1.05. The van der Waals surface area contributed by atoms with Gasteiger partial charge in [0.1, 0.15) is 6.04 Å². The molecule has 0 saturated carbocycles. The fourth-order valence-electron chi connectivity index (χ4n) is 4.13. The third kappa shape index (κ3) is 8.27. The Morgan fingerprint density at radius 2 is 1.60 bits per heavy atom. The van der Waals surface area contributed by atoms with Crippen LogP contribution in [0.15, 0.2) is 84.0 Å². The molecule has 3 rings (SSSR count). The number of nitrogens with one attached hydrogen (secondary N) is 2. The Labute approximate surface area is 231 Å². The van der Waals surface area contributed by atoms with Crippen LogP contribution in [0.3, 0.4) is 0 Å². The van der Waals surface area contributed by atoms with E-state index >= 15 is 0 Å². The predicted molar refractivity (Wildman–Crippen MR) is 149 cm³/mol. The van der Waals surface area contributed by atoms with E-state index in [0.717, 1.165) is 11.1 Å². The lowest BCUT2D eigenvalue weighted by atomic mass is 9.90. The molecule has 0 aliphatic heterocycles. The molecule has 3 aromatic rings. The average Bonchev–Trinajstić information content (AvgIpc) is 2.94. The van der Waals surface area contributed by atoms with Crippen molar-refractivity contribution in [3.8, 4) is 11.5 Å². The molecule has 2 atom stereocenters. The van der Waals surface area contributed by atoms with E-state index in [-0.39, 0.29) is 30.9 Å². The van der Waals surface area contributed by atoms with Crippen molar-refractivity contribution in [2.75, 3.05) is 7.11 Å². The third-order valence-electron chi connectivity index (χ3n) is 6.21. The van der Waals surface area contributed by atoms with Gasteiger partial charge in [-0.05, 0) is 41.7 Å². The lowest BCUT2D eigenvalue weighted by molar-refractivity contribution is -0.485. The summed E-state index contributed by atoms with van der Waals surface area (Å²) in [6.07, 6.45) is 0.0586. The highest BCUT2D eigenvalue weighted by Crippen LogP contribution is 2.27. The van der Waals surface area contributed by atoms with Crippen LogP contribution in [-0.2, 0) is 16.1 Å². The lowest BCUT2D eigenvalue weighted by Gasteiger charge is -2.24. The van der Waals surface area contributed by atoms with Gasteiger partial charge in [-0.2, -0.15) is 0 Å². The highest BCUT2D eigenvalue weighted by Gasteiger charge is 2.28. The number of hydrazone groups is 1. The molecule has 1 unspecified atom stereocenters. The van der Waals surface area contributed by atoms with Crippen LogP contribution in [0.2, 0.25) is 0 Å². The first kappa shape index (κ1) is 29.6. The number of benzene rings is 3. The number of phenols is 1. The molecule has 0 radical (unpaired) electrons. The second-order valence-corrected chi connectivity index (χ2v) is 8.99. The molecule has 3 aromatic carbocycles. The van der Waals surface area contributed by atoms with Gasteiger partial charge in [-0.1, -0.05) is 66.7 Å². The third-order valence-corrected chi connectivity index (χ3v) is 6.21. The lowest BCUT2D eigenvalue weighted by Crippen LogP contribution is -2.49. The van der Waals surface area contributed by atoms with Crippen LogP contribution in [-0.4, -0.2) is 47.0 Å². The molecular formula is C28H32N6O6. The van der Waals surface area contributed by atoms with Gasteiger partial charge in [0.05, 0.1) is 24.2 Å². The molecule has 0 heterocycles. The van der Waals surface area contributed by atoms with Crippen LogP contribution < -0.4 is 26.8 Å². The van der Waals surface area contributed by atoms with E-state index in [1.165, 1.54) is 13.2 Å². The van der Waals surface area contributed by atoms with E-state index in [4.69, 9.17) is 16.2 Å². The number of ether oxygens (including phenoxy) is 1. The number of phenolic OH excluding ortho intramolecular Hbond substituents is 1. The maximum atomic E-state index is 13.7. The van der Waals surface area contributed by atoms with Crippen molar-refractivity contribution in [3.05, 3.63) is 106 Å². The summed E-state index contributed by atoms with van der Waals surface area (Å²) in [5.41, 5.74) is 13.6. The molecule has 12 heteroatoms. The van der Waals surface area contributed by atoms with Gasteiger partial charge in [-0.15, -0.1) is 0 Å². The van der Waals surface area contributed by atoms with E-state index in [1.54, 1.807) is 12.1 Å². The zero-order valence-electron chi connectivity index (χ0n) is 21.9. The quantitative estimate of drug-likeness (QED) is 0.0925. The summed E-state index contributed by atoms with van der Waals surface area (Å²) in [6.45, 7) is 0.0561. The van der Waals surface area contributed by atoms with E-state index < -0.39 is 40.7 Å². The summed E-state index contributed by atoms with van der Waals surface area (Å²) >= 11 is 0. The van der Waals surface area contributed by atoms with Gasteiger partial charge in [-0.3, -0.25) is 9.59 Å². The van der Waals surface area contributed by atoms with Crippen molar-refractivity contribution in [2.24, 2.45) is 16.6 Å². The van der Waals surface area contributed by atoms with E-state index in [0.29, 0.717) is 5.56 Å². The summed E-state index contributed by atoms with van der Waals surface area (Å²) in [7, 11) is 1.43. The van der Waals surface area contributed by atoms with Crippen LogP contribution in [0.5, 0.6) is 11.5 Å². The number of carbonyl (C=O) groups excluding carboxylic acids is 2. The fraction of sp³-hybridized carbons (Fsp3) is 0.250. The molecule has 0 fully saturated rings. The monoisotopic (exact) mass is 548 g/mol. The van der Waals surface area contributed by atoms with Crippen LogP contribution in [0.4, 0.5) is 0 Å². The molecule has 0 aliphatic rings. The summed E-state index contributed by atoms with van der Waals surface area (Å²) in [5, 5.41) is 28.4. The van der Waals surface area contributed by atoms with Gasteiger partial charge in [0.15, 0.2) is 22.4 Å². The first-order valence-corrected chi connectivity index (χ1v) is 12.5. The summed E-state index contributed by atoms with van der Waals surface area (Å²) in [5.74, 6) is -1.82. The van der Waals surface area contributed by atoms with Gasteiger partial charge in [0.2, 0.25) is 11.8 Å². The maximum Gasteiger partial charge on any atom is 0.242 e. The van der Waals surface area contributed by atoms with Gasteiger partial charge < -0.3 is 31.9 Å². The van der Waals surface area contributed by atoms with Gasteiger partial charge in [-0.25, -0.2) is 10.1 Å². The minimum Gasteiger partial charge on any atom is -0.504 e. The van der Waals surface area contributed by atoms with Crippen LogP contribution in [0, 0.1) is 10.1 Å². The Bertz CT molecular complexity index is 1300. The first-order valence-electron chi connectivity index (χ1n) is 12.5. The Morgan fingerprint density at radius 3 is 2.12 bits per heavy atom. The summed E-state index contributed by atoms with van der Waals surface area (Å²) in [6, 6.07) is 20.9. The topological polar surface area (TPSA) is 195 Å². The highest BCUT2D eigenvalue weighted by molar-refractivity contribution is 5.92. The van der Waals surface area contributed by atoms with Crippen molar-refractivity contribution < 1.29 is 24.5 Å². The predicted octanol–water partition coefficient (Wildman–Crippen LogP) is 1.99. The van der Waals surface area contributed by atoms with E-state index in [9.17, 15) is 24.8 Å². The zero-order valence-corrected chi connectivity index (χ0v) is 21.9. The number of methoxy groups -OCH3 is 1. The van der Waals surface area contributed by atoms with E-state index in [2.05, 4.69) is 15.7 Å². The summed E-state index contributed by atoms with van der Waals surface area (Å²) < 4.78 is 5.04. The van der Waals surface area contributed by atoms with Crippen LogP contribution >= 0.6 is 0 Å². The SMILES string of the molecule is COc1ccc(CNC(=O)[C@H](CCC(N)C(N)=N[N+](=O)[O-])NC(=O)C(c2ccccc2)c2ccccc2)cc1O. The zero-order chi connectivity index (χ0) is 29.1. The number of nitro groups is 1. The normalized spacial score (nSPS) is 12.8. The summed E-state index contributed by atoms with van der Waals surface area (Å²) in [4.78, 5) is 37.6. The molecule has 0 bridgehead atoms. The Hall–Kier alpha value is -4.97. The molecule has 0 aliphatic carbocycles. The molecule has 40 heavy (non-hydrogen) atoms. The largest absolute Gasteiger partial charge is 0.504 e. The smallest absolute Gasteiger partial charge is 0.242 e. The molecule has 0 spiro atoms.